The molecule has 2 bridgehead atoms. The van der Waals surface area contributed by atoms with E-state index in [1.165, 1.54) is 37.8 Å². The molecule has 2 atom stereocenters. The van der Waals surface area contributed by atoms with Crippen LogP contribution in [0.2, 0.25) is 0 Å². The first-order valence-corrected chi connectivity index (χ1v) is 11.6. The molecule has 0 aliphatic carbocycles. The van der Waals surface area contributed by atoms with E-state index in [0.29, 0.717) is 24.5 Å². The van der Waals surface area contributed by atoms with Gasteiger partial charge in [-0.05, 0) is 25.0 Å². The third-order valence-corrected chi connectivity index (χ3v) is 6.79. The summed E-state index contributed by atoms with van der Waals surface area (Å²) < 4.78 is 12.2. The lowest BCUT2D eigenvalue weighted by molar-refractivity contribution is -0.385. The van der Waals surface area contributed by atoms with Crippen LogP contribution >= 0.6 is 0 Å². The Morgan fingerprint density at radius 1 is 0.969 bits per heavy atom. The molecule has 1 fully saturated rings. The number of nitrogens with zero attached hydrogens (tertiary/aromatic N) is 2. The molecular weight excluding hydrogens is 408 g/mol. The van der Waals surface area contributed by atoms with Crippen LogP contribution in [0, 0.1) is 10.1 Å². The van der Waals surface area contributed by atoms with Crippen LogP contribution in [0.25, 0.3) is 0 Å². The summed E-state index contributed by atoms with van der Waals surface area (Å²) in [6, 6.07) is 12.3. The predicted octanol–water partition coefficient (Wildman–Crippen LogP) is 5.42. The predicted molar refractivity (Wildman–Crippen MR) is 120 cm³/mol. The van der Waals surface area contributed by atoms with Crippen LogP contribution in [-0.4, -0.2) is 24.0 Å². The van der Waals surface area contributed by atoms with Crippen molar-refractivity contribution < 1.29 is 19.2 Å². The van der Waals surface area contributed by atoms with Crippen LogP contribution in [0.3, 0.4) is 0 Å². The van der Waals surface area contributed by atoms with E-state index in [1.807, 2.05) is 29.2 Å². The number of fused-ring (bicyclic) bond motifs is 5. The molecule has 1 spiro atoms. The molecule has 1 amide bonds. The number of benzene rings is 2. The molecule has 2 aromatic rings. The summed E-state index contributed by atoms with van der Waals surface area (Å²) >= 11 is 0. The summed E-state index contributed by atoms with van der Waals surface area (Å²) in [5.74, 6) is 0.482. The topological polar surface area (TPSA) is 85.2 Å². The highest BCUT2D eigenvalue weighted by Gasteiger charge is 2.70. The number of rotatable bonds is 1. The number of carbonyl (C=O) groups excluding carboxylic acids is 1. The van der Waals surface area contributed by atoms with Crippen molar-refractivity contribution in [1.82, 2.24) is 0 Å². The minimum absolute atomic E-state index is 0.0283. The van der Waals surface area contributed by atoms with Gasteiger partial charge in [-0.1, -0.05) is 56.7 Å². The Kier molecular flexibility index (Phi) is 5.59. The van der Waals surface area contributed by atoms with Gasteiger partial charge in [0.15, 0.2) is 0 Å². The van der Waals surface area contributed by atoms with Gasteiger partial charge in [0.05, 0.1) is 17.2 Å². The van der Waals surface area contributed by atoms with Crippen LogP contribution in [0.5, 0.6) is 5.75 Å². The first-order valence-electron chi connectivity index (χ1n) is 11.6. The fraction of sp³-hybridized carbons (Fsp3) is 0.480. The highest BCUT2D eigenvalue weighted by Crippen LogP contribution is 2.64. The Morgan fingerprint density at radius 3 is 2.47 bits per heavy atom. The Morgan fingerprint density at radius 2 is 1.69 bits per heavy atom. The van der Waals surface area contributed by atoms with Crippen molar-refractivity contribution in [3.8, 4) is 5.75 Å². The number of ether oxygens (including phenoxy) is 2. The Hall–Kier alpha value is -2.93. The highest BCUT2D eigenvalue weighted by atomic mass is 16.6. The number of anilines is 1. The number of hydrogen-bond acceptors (Lipinski definition) is 5. The maximum absolute atomic E-state index is 13.6. The Labute approximate surface area is 187 Å². The third kappa shape index (κ3) is 3.54. The van der Waals surface area contributed by atoms with Crippen molar-refractivity contribution in [1.29, 1.82) is 0 Å². The number of para-hydroxylation sites is 1. The maximum Gasteiger partial charge on any atom is 0.270 e. The summed E-state index contributed by atoms with van der Waals surface area (Å²) in [5.41, 5.74) is 1.16. The summed E-state index contributed by atoms with van der Waals surface area (Å²) in [6.07, 6.45) is 8.29. The fourth-order valence-corrected chi connectivity index (χ4v) is 5.07. The Bertz CT molecular complexity index is 1040. The van der Waals surface area contributed by atoms with E-state index in [4.69, 9.17) is 9.47 Å². The molecule has 0 N–H and O–H groups in total. The van der Waals surface area contributed by atoms with Crippen LogP contribution < -0.4 is 9.64 Å². The minimum atomic E-state index is -1.11. The summed E-state index contributed by atoms with van der Waals surface area (Å²) in [4.78, 5) is 26.5. The normalized spacial score (nSPS) is 25.7. The van der Waals surface area contributed by atoms with Crippen molar-refractivity contribution in [2.45, 2.75) is 63.1 Å². The summed E-state index contributed by atoms with van der Waals surface area (Å²) in [6.45, 7) is 1.20. The third-order valence-electron chi connectivity index (χ3n) is 6.79. The Balaban J connectivity index is 1.53. The number of amides is 1. The molecule has 1 saturated heterocycles. The first kappa shape index (κ1) is 20.9. The second-order valence-corrected chi connectivity index (χ2v) is 8.86. The zero-order chi connectivity index (χ0) is 22.1. The molecule has 0 radical (unpaired) electrons. The lowest BCUT2D eigenvalue weighted by atomic mass is 9.92. The van der Waals surface area contributed by atoms with Crippen molar-refractivity contribution in [2.75, 3.05) is 18.1 Å². The molecule has 7 nitrogen and oxygen atoms in total. The molecule has 3 aliphatic rings. The summed E-state index contributed by atoms with van der Waals surface area (Å²) in [5, 5.41) is 11.4. The molecule has 7 heteroatoms. The van der Waals surface area contributed by atoms with Gasteiger partial charge in [-0.25, -0.2) is 0 Å². The second kappa shape index (κ2) is 8.54. The van der Waals surface area contributed by atoms with Crippen molar-refractivity contribution >= 4 is 17.3 Å². The molecule has 2 aromatic carbocycles. The minimum Gasteiger partial charge on any atom is -0.493 e. The maximum atomic E-state index is 13.6. The largest absolute Gasteiger partial charge is 0.493 e. The lowest BCUT2D eigenvalue weighted by Crippen LogP contribution is -2.34. The second-order valence-electron chi connectivity index (χ2n) is 8.86. The number of nitro benzene ring substituents is 1. The molecule has 0 saturated carbocycles. The number of non-ortho nitro benzene ring substituents is 1. The van der Waals surface area contributed by atoms with E-state index in [9.17, 15) is 14.9 Å². The van der Waals surface area contributed by atoms with E-state index >= 15 is 0 Å². The SMILES string of the molecule is O=C1N2CCCCCCCCCCOc3ccc([N+](=O)[O-])cc3[C@@H]3O[C@]13c1ccccc12. The zero-order valence-electron chi connectivity index (χ0n) is 18.1. The smallest absolute Gasteiger partial charge is 0.270 e. The van der Waals surface area contributed by atoms with Crippen LogP contribution in [0.4, 0.5) is 11.4 Å². The molecule has 32 heavy (non-hydrogen) atoms. The lowest BCUT2D eigenvalue weighted by Gasteiger charge is -2.17. The molecule has 5 rings (SSSR count). The fourth-order valence-electron chi connectivity index (χ4n) is 5.07. The van der Waals surface area contributed by atoms with Crippen molar-refractivity contribution in [3.63, 3.8) is 0 Å². The molecule has 0 aromatic heterocycles. The molecule has 3 heterocycles. The van der Waals surface area contributed by atoms with Gasteiger partial charge in [-0.15, -0.1) is 0 Å². The van der Waals surface area contributed by atoms with Gasteiger partial charge in [0, 0.05) is 29.8 Å². The quantitative estimate of drug-likeness (QED) is 0.338. The van der Waals surface area contributed by atoms with Crippen LogP contribution in [0.1, 0.15) is 68.6 Å². The standard InChI is InChI=1S/C25H28N2O5/c28-24-25-20-11-7-8-12-21(20)26(24)15-9-5-3-1-2-4-6-10-16-31-22-14-13-18(27(29)30)17-19(22)23(25)32-25/h7-8,11-14,17,23H,1-6,9-10,15-16H2/t23-,25-/m0/s1. The zero-order valence-corrected chi connectivity index (χ0v) is 18.1. The average molecular weight is 437 g/mol. The monoisotopic (exact) mass is 436 g/mol. The van der Waals surface area contributed by atoms with Gasteiger partial charge >= 0.3 is 0 Å². The summed E-state index contributed by atoms with van der Waals surface area (Å²) in [7, 11) is 0. The number of carbonyl (C=O) groups is 1. The number of nitro groups is 1. The molecule has 0 unspecified atom stereocenters. The number of hydrogen-bond donors (Lipinski definition) is 0. The first-order chi connectivity index (χ1) is 15.6. The van der Waals surface area contributed by atoms with E-state index in [2.05, 4.69) is 0 Å². The van der Waals surface area contributed by atoms with Crippen LogP contribution in [-0.2, 0) is 15.1 Å². The van der Waals surface area contributed by atoms with E-state index < -0.39 is 16.6 Å². The van der Waals surface area contributed by atoms with Gasteiger partial charge in [0.25, 0.3) is 11.6 Å². The van der Waals surface area contributed by atoms with Crippen molar-refractivity contribution in [3.05, 3.63) is 63.7 Å². The van der Waals surface area contributed by atoms with E-state index in [1.54, 1.807) is 6.07 Å². The van der Waals surface area contributed by atoms with Gasteiger partial charge < -0.3 is 14.4 Å². The molecular formula is C25H28N2O5. The number of epoxide rings is 1. The van der Waals surface area contributed by atoms with Crippen LogP contribution in [0.15, 0.2) is 42.5 Å². The van der Waals surface area contributed by atoms with E-state index in [-0.39, 0.29) is 11.6 Å². The average Bonchev–Trinajstić information content (AvgIpc) is 3.50. The van der Waals surface area contributed by atoms with Gasteiger partial charge in [-0.3, -0.25) is 14.9 Å². The molecule has 3 aliphatic heterocycles. The van der Waals surface area contributed by atoms with Gasteiger partial charge in [-0.2, -0.15) is 0 Å². The van der Waals surface area contributed by atoms with Gasteiger partial charge in [0.2, 0.25) is 5.60 Å². The van der Waals surface area contributed by atoms with Gasteiger partial charge in [0.1, 0.15) is 11.9 Å². The highest BCUT2D eigenvalue weighted by molar-refractivity contribution is 6.09. The van der Waals surface area contributed by atoms with Crippen molar-refractivity contribution in [2.24, 2.45) is 0 Å². The van der Waals surface area contributed by atoms with E-state index in [0.717, 1.165) is 36.9 Å². The molecule has 168 valence electrons.